The first kappa shape index (κ1) is 9.75. The van der Waals surface area contributed by atoms with Gasteiger partial charge in [-0.25, -0.2) is 0 Å². The molecule has 1 aliphatic rings. The average Bonchev–Trinajstić information content (AvgIpc) is 2.77. The zero-order chi connectivity index (χ0) is 9.03. The highest BCUT2D eigenvalue weighted by Crippen LogP contribution is 2.58. The molecule has 1 aliphatic carbocycles. The summed E-state index contributed by atoms with van der Waals surface area (Å²) in [7, 11) is 0. The second-order valence-corrected chi connectivity index (χ2v) is 3.77. The van der Waals surface area contributed by atoms with Crippen LogP contribution in [0.3, 0.4) is 0 Å². The Morgan fingerprint density at radius 1 is 1.50 bits per heavy atom. The quantitative estimate of drug-likeness (QED) is 0.590. The van der Waals surface area contributed by atoms with Crippen molar-refractivity contribution in [3.8, 4) is 0 Å². The number of aliphatic hydroxyl groups excluding tert-OH is 2. The van der Waals surface area contributed by atoms with Crippen molar-refractivity contribution in [1.29, 1.82) is 0 Å². The third kappa shape index (κ3) is 1.87. The summed E-state index contributed by atoms with van der Waals surface area (Å²) in [6.07, 6.45) is 5.89. The summed E-state index contributed by atoms with van der Waals surface area (Å²) in [6, 6.07) is 0. The summed E-state index contributed by atoms with van der Waals surface area (Å²) >= 11 is 0. The Kier molecular flexibility index (Phi) is 3.29. The number of hydrogen-bond donors (Lipinski definition) is 2. The Morgan fingerprint density at radius 2 is 2.25 bits per heavy atom. The Hall–Kier alpha value is -0.340. The lowest BCUT2D eigenvalue weighted by Gasteiger charge is -2.13. The van der Waals surface area contributed by atoms with Crippen molar-refractivity contribution in [1.82, 2.24) is 0 Å². The summed E-state index contributed by atoms with van der Waals surface area (Å²) in [5, 5.41) is 17.7. The van der Waals surface area contributed by atoms with E-state index in [2.05, 4.69) is 6.58 Å². The van der Waals surface area contributed by atoms with E-state index in [0.717, 1.165) is 25.7 Å². The molecule has 0 bridgehead atoms. The van der Waals surface area contributed by atoms with Gasteiger partial charge in [0.1, 0.15) is 0 Å². The summed E-state index contributed by atoms with van der Waals surface area (Å²) in [5.74, 6) is 0.460. The second-order valence-electron chi connectivity index (χ2n) is 3.77. The fourth-order valence-corrected chi connectivity index (χ4v) is 2.07. The van der Waals surface area contributed by atoms with Gasteiger partial charge in [0.25, 0.3) is 0 Å². The number of rotatable bonds is 6. The molecule has 0 heterocycles. The van der Waals surface area contributed by atoms with Gasteiger partial charge in [-0.15, -0.1) is 6.58 Å². The van der Waals surface area contributed by atoms with E-state index in [1.807, 2.05) is 6.08 Å². The lowest BCUT2D eigenvalue weighted by atomic mass is 9.93. The number of allylic oxidation sites excluding steroid dienone is 1. The minimum absolute atomic E-state index is 0.261. The molecule has 2 N–H and O–H groups in total. The Balaban J connectivity index is 2.35. The summed E-state index contributed by atoms with van der Waals surface area (Å²) < 4.78 is 0. The zero-order valence-corrected chi connectivity index (χ0v) is 7.50. The highest BCUT2D eigenvalue weighted by Gasteiger charge is 2.51. The van der Waals surface area contributed by atoms with Gasteiger partial charge < -0.3 is 10.2 Å². The van der Waals surface area contributed by atoms with E-state index < -0.39 is 0 Å². The maximum atomic E-state index is 8.97. The van der Waals surface area contributed by atoms with Gasteiger partial charge in [0, 0.05) is 13.2 Å². The molecular formula is C10H18O2. The molecule has 2 nitrogen and oxygen atoms in total. The first-order valence-electron chi connectivity index (χ1n) is 4.61. The first-order valence-corrected chi connectivity index (χ1v) is 4.61. The topological polar surface area (TPSA) is 40.5 Å². The molecule has 2 heteroatoms. The van der Waals surface area contributed by atoms with E-state index in [-0.39, 0.29) is 6.61 Å². The van der Waals surface area contributed by atoms with Crippen LogP contribution in [0.2, 0.25) is 0 Å². The highest BCUT2D eigenvalue weighted by molar-refractivity contribution is 5.04. The van der Waals surface area contributed by atoms with E-state index in [0.29, 0.717) is 17.9 Å². The molecule has 2 atom stereocenters. The molecule has 0 aliphatic heterocycles. The van der Waals surface area contributed by atoms with Crippen LogP contribution >= 0.6 is 0 Å². The molecule has 1 unspecified atom stereocenters. The molecule has 0 aromatic heterocycles. The lowest BCUT2D eigenvalue weighted by molar-refractivity contribution is 0.227. The van der Waals surface area contributed by atoms with E-state index >= 15 is 0 Å². The van der Waals surface area contributed by atoms with Crippen LogP contribution in [0.15, 0.2) is 12.7 Å². The molecule has 0 aromatic carbocycles. The summed E-state index contributed by atoms with van der Waals surface area (Å²) in [6.45, 7) is 4.27. The van der Waals surface area contributed by atoms with Gasteiger partial charge in [-0.1, -0.05) is 6.08 Å². The SMILES string of the molecule is C=CCC1(CCCO)C[C@H]1CO. The lowest BCUT2D eigenvalue weighted by Crippen LogP contribution is -2.06. The Bertz CT molecular complexity index is 156. The van der Waals surface area contributed by atoms with E-state index in [1.165, 1.54) is 0 Å². The smallest absolute Gasteiger partial charge is 0.0464 e. The zero-order valence-electron chi connectivity index (χ0n) is 7.50. The molecule has 1 fully saturated rings. The van der Waals surface area contributed by atoms with Crippen molar-refractivity contribution >= 4 is 0 Å². The van der Waals surface area contributed by atoms with Crippen LogP contribution in [0.4, 0.5) is 0 Å². The molecule has 0 radical (unpaired) electrons. The van der Waals surface area contributed by atoms with Gasteiger partial charge in [0.2, 0.25) is 0 Å². The van der Waals surface area contributed by atoms with Crippen LogP contribution in [-0.4, -0.2) is 23.4 Å². The fraction of sp³-hybridized carbons (Fsp3) is 0.800. The van der Waals surface area contributed by atoms with Gasteiger partial charge in [-0.05, 0) is 37.0 Å². The minimum Gasteiger partial charge on any atom is -0.396 e. The van der Waals surface area contributed by atoms with E-state index in [9.17, 15) is 0 Å². The second kappa shape index (κ2) is 4.06. The standard InChI is InChI=1S/C10H18O2/c1-2-4-10(5-3-6-11)7-9(10)8-12/h2,9,11-12H,1,3-8H2/t9-,10?/m0/s1. The van der Waals surface area contributed by atoms with Gasteiger partial charge in [-0.3, -0.25) is 0 Å². The molecule has 1 saturated carbocycles. The maximum absolute atomic E-state index is 8.97. The Labute approximate surface area is 73.9 Å². The van der Waals surface area contributed by atoms with Gasteiger partial charge >= 0.3 is 0 Å². The summed E-state index contributed by atoms with van der Waals surface area (Å²) in [5.41, 5.74) is 0.291. The van der Waals surface area contributed by atoms with Crippen molar-refractivity contribution in [2.45, 2.75) is 25.7 Å². The predicted molar refractivity (Wildman–Crippen MR) is 48.8 cm³/mol. The number of hydrogen-bond acceptors (Lipinski definition) is 2. The number of aliphatic hydroxyl groups is 2. The molecule has 70 valence electrons. The monoisotopic (exact) mass is 170 g/mol. The fourth-order valence-electron chi connectivity index (χ4n) is 2.07. The van der Waals surface area contributed by atoms with Crippen molar-refractivity contribution in [3.63, 3.8) is 0 Å². The van der Waals surface area contributed by atoms with Crippen LogP contribution in [0.25, 0.3) is 0 Å². The largest absolute Gasteiger partial charge is 0.396 e. The molecule has 1 rings (SSSR count). The minimum atomic E-state index is 0.261. The van der Waals surface area contributed by atoms with Crippen LogP contribution in [0.5, 0.6) is 0 Å². The predicted octanol–water partition coefficient (Wildman–Crippen LogP) is 1.33. The van der Waals surface area contributed by atoms with E-state index in [1.54, 1.807) is 0 Å². The molecule has 0 aromatic rings. The molecule has 0 saturated heterocycles. The van der Waals surface area contributed by atoms with Gasteiger partial charge in [0.15, 0.2) is 0 Å². The van der Waals surface area contributed by atoms with E-state index in [4.69, 9.17) is 10.2 Å². The first-order chi connectivity index (χ1) is 5.79. The van der Waals surface area contributed by atoms with Gasteiger partial charge in [-0.2, -0.15) is 0 Å². The van der Waals surface area contributed by atoms with Crippen molar-refractivity contribution in [3.05, 3.63) is 12.7 Å². The van der Waals surface area contributed by atoms with Crippen molar-refractivity contribution in [2.24, 2.45) is 11.3 Å². The maximum Gasteiger partial charge on any atom is 0.0464 e. The summed E-state index contributed by atoms with van der Waals surface area (Å²) in [4.78, 5) is 0. The molecular weight excluding hydrogens is 152 g/mol. The van der Waals surface area contributed by atoms with Crippen LogP contribution < -0.4 is 0 Å². The van der Waals surface area contributed by atoms with Crippen LogP contribution in [0, 0.1) is 11.3 Å². The molecule has 0 spiro atoms. The highest BCUT2D eigenvalue weighted by atomic mass is 16.3. The van der Waals surface area contributed by atoms with Crippen molar-refractivity contribution < 1.29 is 10.2 Å². The molecule has 0 amide bonds. The molecule has 12 heavy (non-hydrogen) atoms. The third-order valence-corrected chi connectivity index (χ3v) is 2.96. The normalized spacial score (nSPS) is 33.3. The Morgan fingerprint density at radius 3 is 2.67 bits per heavy atom. The average molecular weight is 170 g/mol. The van der Waals surface area contributed by atoms with Crippen LogP contribution in [0.1, 0.15) is 25.7 Å². The van der Waals surface area contributed by atoms with Crippen LogP contribution in [-0.2, 0) is 0 Å². The van der Waals surface area contributed by atoms with Gasteiger partial charge in [0.05, 0.1) is 0 Å². The van der Waals surface area contributed by atoms with Crippen molar-refractivity contribution in [2.75, 3.05) is 13.2 Å². The third-order valence-electron chi connectivity index (χ3n) is 2.96.